The molecule has 2 heterocycles. The van der Waals surface area contributed by atoms with E-state index in [-0.39, 0.29) is 5.91 Å². The van der Waals surface area contributed by atoms with Crippen LogP contribution in [0.5, 0.6) is 0 Å². The monoisotopic (exact) mass is 410 g/mol. The topological polar surface area (TPSA) is 33.2 Å². The summed E-state index contributed by atoms with van der Waals surface area (Å²) in [5, 5.41) is 2.16. The van der Waals surface area contributed by atoms with Gasteiger partial charge < -0.3 is 4.90 Å². The number of rotatable bonds is 4. The van der Waals surface area contributed by atoms with Crippen molar-refractivity contribution in [2.45, 2.75) is 46.1 Å². The highest BCUT2D eigenvalue weighted by atomic mass is 35.5. The summed E-state index contributed by atoms with van der Waals surface area (Å²) in [6.45, 7) is 5.19. The van der Waals surface area contributed by atoms with E-state index in [4.69, 9.17) is 34.8 Å². The number of hydrogen-bond acceptors (Lipinski definition) is 2. The van der Waals surface area contributed by atoms with Crippen LogP contribution in [-0.2, 0) is 24.2 Å². The molecule has 2 aromatic rings. The van der Waals surface area contributed by atoms with Gasteiger partial charge in [0.25, 0.3) is 0 Å². The van der Waals surface area contributed by atoms with Crippen molar-refractivity contribution in [2.24, 2.45) is 0 Å². The lowest BCUT2D eigenvalue weighted by Crippen LogP contribution is -2.36. The SMILES string of the molecule is Cc1c(C)c(Cl)c2c(c1Cl)CCN(C(=O)CCCc1ccc(Cl)cn1)C2. The minimum absolute atomic E-state index is 0.148. The van der Waals surface area contributed by atoms with Gasteiger partial charge in [0.15, 0.2) is 0 Å². The molecule has 1 aromatic heterocycles. The maximum atomic E-state index is 12.6. The molecule has 0 fully saturated rings. The highest BCUT2D eigenvalue weighted by molar-refractivity contribution is 6.35. The van der Waals surface area contributed by atoms with Crippen LogP contribution in [0.25, 0.3) is 0 Å². The molecule has 0 N–H and O–H groups in total. The van der Waals surface area contributed by atoms with Crippen molar-refractivity contribution in [1.29, 1.82) is 0 Å². The first-order valence-electron chi connectivity index (χ1n) is 8.72. The largest absolute Gasteiger partial charge is 0.338 e. The van der Waals surface area contributed by atoms with Gasteiger partial charge in [0, 0.05) is 41.4 Å². The molecule has 0 bridgehead atoms. The maximum Gasteiger partial charge on any atom is 0.222 e. The molecule has 6 heteroatoms. The van der Waals surface area contributed by atoms with E-state index >= 15 is 0 Å². The summed E-state index contributed by atoms with van der Waals surface area (Å²) in [6.07, 6.45) is 4.40. The number of pyridine rings is 1. The van der Waals surface area contributed by atoms with Gasteiger partial charge in [-0.05, 0) is 67.5 Å². The van der Waals surface area contributed by atoms with E-state index in [1.165, 1.54) is 0 Å². The van der Waals surface area contributed by atoms with E-state index < -0.39 is 0 Å². The Balaban J connectivity index is 1.63. The molecule has 138 valence electrons. The number of fused-ring (bicyclic) bond motifs is 1. The molecule has 0 spiro atoms. The van der Waals surface area contributed by atoms with E-state index in [1.807, 2.05) is 30.9 Å². The molecule has 0 saturated carbocycles. The van der Waals surface area contributed by atoms with Crippen LogP contribution in [0, 0.1) is 13.8 Å². The quantitative estimate of drug-likeness (QED) is 0.659. The summed E-state index contributed by atoms with van der Waals surface area (Å²) < 4.78 is 0. The summed E-state index contributed by atoms with van der Waals surface area (Å²) in [6, 6.07) is 3.72. The second kappa shape index (κ2) is 8.16. The zero-order chi connectivity index (χ0) is 18.8. The molecule has 0 radical (unpaired) electrons. The Labute approximate surface area is 169 Å². The Morgan fingerprint density at radius 1 is 1.12 bits per heavy atom. The van der Waals surface area contributed by atoms with Gasteiger partial charge in [-0.1, -0.05) is 34.8 Å². The fourth-order valence-electron chi connectivity index (χ4n) is 3.34. The van der Waals surface area contributed by atoms with E-state index in [2.05, 4.69) is 4.98 Å². The molecular formula is C20H21Cl3N2O. The first-order valence-corrected chi connectivity index (χ1v) is 9.86. The zero-order valence-electron chi connectivity index (χ0n) is 14.9. The van der Waals surface area contributed by atoms with Gasteiger partial charge in [-0.3, -0.25) is 9.78 Å². The zero-order valence-corrected chi connectivity index (χ0v) is 17.2. The molecular weight excluding hydrogens is 391 g/mol. The maximum absolute atomic E-state index is 12.6. The van der Waals surface area contributed by atoms with Crippen LogP contribution in [0.15, 0.2) is 18.3 Å². The molecule has 3 rings (SSSR count). The number of hydrogen-bond donors (Lipinski definition) is 0. The van der Waals surface area contributed by atoms with E-state index in [1.54, 1.807) is 6.20 Å². The number of amides is 1. The molecule has 0 saturated heterocycles. The molecule has 3 nitrogen and oxygen atoms in total. The first-order chi connectivity index (χ1) is 12.4. The van der Waals surface area contributed by atoms with Crippen LogP contribution in [0.3, 0.4) is 0 Å². The lowest BCUT2D eigenvalue weighted by Gasteiger charge is -2.31. The summed E-state index contributed by atoms with van der Waals surface area (Å²) in [7, 11) is 0. The molecule has 1 aliphatic rings. The number of benzene rings is 1. The fourth-order valence-corrected chi connectivity index (χ4v) is 4.11. The van der Waals surface area contributed by atoms with Gasteiger partial charge in [0.1, 0.15) is 0 Å². The Morgan fingerprint density at radius 3 is 2.46 bits per heavy atom. The standard InChI is InChI=1S/C20H21Cl3N2O/c1-12-13(2)20(23)17-11-25(9-8-16(17)19(12)22)18(26)5-3-4-15-7-6-14(21)10-24-15/h6-7,10H,3-5,8-9,11H2,1-2H3. The number of halogens is 3. The van der Waals surface area contributed by atoms with Crippen LogP contribution >= 0.6 is 34.8 Å². The molecule has 0 unspecified atom stereocenters. The smallest absolute Gasteiger partial charge is 0.222 e. The minimum atomic E-state index is 0.148. The first kappa shape index (κ1) is 19.5. The second-order valence-corrected chi connectivity index (χ2v) is 7.91. The molecule has 1 amide bonds. The number of aromatic nitrogens is 1. The highest BCUT2D eigenvalue weighted by Crippen LogP contribution is 2.37. The third kappa shape index (κ3) is 4.00. The van der Waals surface area contributed by atoms with Crippen molar-refractivity contribution in [3.05, 3.63) is 61.3 Å². The van der Waals surface area contributed by atoms with Crippen LogP contribution in [-0.4, -0.2) is 22.3 Å². The molecule has 1 aromatic carbocycles. The minimum Gasteiger partial charge on any atom is -0.338 e. The highest BCUT2D eigenvalue weighted by Gasteiger charge is 2.26. The van der Waals surface area contributed by atoms with Crippen molar-refractivity contribution in [1.82, 2.24) is 9.88 Å². The normalized spacial score (nSPS) is 13.7. The predicted octanol–water partition coefficient (Wildman–Crippen LogP) is 5.57. The average Bonchev–Trinajstić information content (AvgIpc) is 2.65. The van der Waals surface area contributed by atoms with Crippen molar-refractivity contribution >= 4 is 40.7 Å². The summed E-state index contributed by atoms with van der Waals surface area (Å²) >= 11 is 18.9. The predicted molar refractivity (Wildman–Crippen MR) is 107 cm³/mol. The van der Waals surface area contributed by atoms with Crippen molar-refractivity contribution < 1.29 is 4.79 Å². The van der Waals surface area contributed by atoms with Gasteiger partial charge in [0.05, 0.1) is 5.02 Å². The van der Waals surface area contributed by atoms with Crippen LogP contribution < -0.4 is 0 Å². The summed E-state index contributed by atoms with van der Waals surface area (Å²) in [5.41, 5.74) is 5.07. The Hall–Kier alpha value is -1.29. The number of aryl methyl sites for hydroxylation is 1. The van der Waals surface area contributed by atoms with Crippen molar-refractivity contribution in [3.8, 4) is 0 Å². The summed E-state index contributed by atoms with van der Waals surface area (Å²) in [4.78, 5) is 18.8. The van der Waals surface area contributed by atoms with Gasteiger partial charge in [-0.25, -0.2) is 0 Å². The van der Waals surface area contributed by atoms with Gasteiger partial charge in [-0.15, -0.1) is 0 Å². The molecule has 0 aliphatic carbocycles. The van der Waals surface area contributed by atoms with Gasteiger partial charge >= 0.3 is 0 Å². The van der Waals surface area contributed by atoms with Crippen LogP contribution in [0.2, 0.25) is 15.1 Å². The Morgan fingerprint density at radius 2 is 1.81 bits per heavy atom. The molecule has 26 heavy (non-hydrogen) atoms. The van der Waals surface area contributed by atoms with Crippen LogP contribution in [0.4, 0.5) is 0 Å². The van der Waals surface area contributed by atoms with Gasteiger partial charge in [0.2, 0.25) is 5.91 Å². The number of carbonyl (C=O) groups is 1. The fraction of sp³-hybridized carbons (Fsp3) is 0.400. The molecule has 0 atom stereocenters. The number of carbonyl (C=O) groups excluding carboxylic acids is 1. The summed E-state index contributed by atoms with van der Waals surface area (Å²) in [5.74, 6) is 0.148. The van der Waals surface area contributed by atoms with E-state index in [9.17, 15) is 4.79 Å². The lowest BCUT2D eigenvalue weighted by molar-refractivity contribution is -0.132. The van der Waals surface area contributed by atoms with Crippen molar-refractivity contribution in [2.75, 3.05) is 6.54 Å². The van der Waals surface area contributed by atoms with E-state index in [0.29, 0.717) is 24.5 Å². The van der Waals surface area contributed by atoms with Crippen LogP contribution in [0.1, 0.15) is 40.8 Å². The third-order valence-electron chi connectivity index (χ3n) is 5.06. The van der Waals surface area contributed by atoms with Crippen molar-refractivity contribution in [3.63, 3.8) is 0 Å². The number of nitrogens with zero attached hydrogens (tertiary/aromatic N) is 2. The lowest BCUT2D eigenvalue weighted by atomic mass is 9.94. The average molecular weight is 412 g/mol. The molecule has 1 aliphatic heterocycles. The Kier molecular flexibility index (Phi) is 6.11. The third-order valence-corrected chi connectivity index (χ3v) is 6.31. The van der Waals surface area contributed by atoms with E-state index in [0.717, 1.165) is 57.3 Å². The Bertz CT molecular complexity index is 834. The second-order valence-electron chi connectivity index (χ2n) is 6.72. The van der Waals surface area contributed by atoms with Gasteiger partial charge in [-0.2, -0.15) is 0 Å².